The van der Waals surface area contributed by atoms with Gasteiger partial charge in [0.05, 0.1) is 10.5 Å². The van der Waals surface area contributed by atoms with Gasteiger partial charge in [0, 0.05) is 11.6 Å². The van der Waals surface area contributed by atoms with E-state index < -0.39 is 56.6 Å². The molecule has 3 nitrogen and oxygen atoms in total. The third-order valence-corrected chi connectivity index (χ3v) is 2.65. The van der Waals surface area contributed by atoms with E-state index in [-0.39, 0.29) is 0 Å². The van der Waals surface area contributed by atoms with Gasteiger partial charge in [0.1, 0.15) is 0 Å². The maximum atomic E-state index is 13.8. The molecule has 0 aliphatic rings. The van der Waals surface area contributed by atoms with E-state index in [1.165, 1.54) is 0 Å². The molecule has 0 atom stereocenters. The first-order chi connectivity index (χ1) is 9.77. The molecule has 0 heterocycles. The molecule has 2 aromatic carbocycles. The number of hydrogen-bond donors (Lipinski definition) is 0. The van der Waals surface area contributed by atoms with Crippen LogP contribution >= 0.6 is 0 Å². The Hall–Kier alpha value is -2.58. The van der Waals surface area contributed by atoms with Gasteiger partial charge in [-0.1, -0.05) is 12.1 Å². The summed E-state index contributed by atoms with van der Waals surface area (Å²) in [5, 5.41) is 10.5. The highest BCUT2D eigenvalue weighted by Gasteiger charge is 2.30. The fourth-order valence-corrected chi connectivity index (χ4v) is 1.70. The minimum Gasteiger partial charge on any atom is -0.258 e. The molecule has 21 heavy (non-hydrogen) atoms. The molecular formula is C12H3F6NO2. The molecule has 0 radical (unpaired) electrons. The summed E-state index contributed by atoms with van der Waals surface area (Å²) in [6, 6.07) is 2.21. The molecule has 0 N–H and O–H groups in total. The highest BCUT2D eigenvalue weighted by Crippen LogP contribution is 2.35. The summed E-state index contributed by atoms with van der Waals surface area (Å²) in [5.41, 5.74) is -3.82. The second-order valence-corrected chi connectivity index (χ2v) is 3.84. The van der Waals surface area contributed by atoms with E-state index in [1.54, 1.807) is 0 Å². The lowest BCUT2D eigenvalue weighted by molar-refractivity contribution is -0.387. The third-order valence-electron chi connectivity index (χ3n) is 2.65. The molecule has 0 fully saturated rings. The summed E-state index contributed by atoms with van der Waals surface area (Å²) in [6.45, 7) is 0. The van der Waals surface area contributed by atoms with Gasteiger partial charge in [-0.25, -0.2) is 22.0 Å². The smallest absolute Gasteiger partial charge is 0.258 e. The largest absolute Gasteiger partial charge is 0.305 e. The lowest BCUT2D eigenvalue weighted by atomic mass is 10.0. The number of hydrogen-bond acceptors (Lipinski definition) is 2. The first kappa shape index (κ1) is 14.8. The zero-order valence-corrected chi connectivity index (χ0v) is 9.76. The zero-order chi connectivity index (χ0) is 15.9. The summed E-state index contributed by atoms with van der Waals surface area (Å²) >= 11 is 0. The van der Waals surface area contributed by atoms with Gasteiger partial charge in [0.15, 0.2) is 23.3 Å². The molecule has 0 saturated carbocycles. The van der Waals surface area contributed by atoms with Crippen LogP contribution in [0.5, 0.6) is 0 Å². The number of rotatable bonds is 2. The van der Waals surface area contributed by atoms with Crippen LogP contribution in [0.3, 0.4) is 0 Å². The molecule has 2 rings (SSSR count). The molecule has 110 valence electrons. The Labute approximate surface area is 112 Å². The molecule has 0 aliphatic carbocycles. The molecule has 0 saturated heterocycles. The number of nitrogens with zero attached hydrogens (tertiary/aromatic N) is 1. The monoisotopic (exact) mass is 307 g/mol. The maximum absolute atomic E-state index is 13.8. The van der Waals surface area contributed by atoms with Gasteiger partial charge in [-0.05, 0) is 0 Å². The van der Waals surface area contributed by atoms with Crippen molar-refractivity contribution in [1.29, 1.82) is 0 Å². The number of nitro benzene ring substituents is 1. The molecule has 9 heteroatoms. The van der Waals surface area contributed by atoms with Crippen LogP contribution in [0, 0.1) is 45.0 Å². The normalized spacial score (nSPS) is 10.8. The highest BCUT2D eigenvalue weighted by molar-refractivity contribution is 5.68. The van der Waals surface area contributed by atoms with Crippen LogP contribution in [-0.4, -0.2) is 4.92 Å². The van der Waals surface area contributed by atoms with E-state index in [0.29, 0.717) is 12.1 Å². The Morgan fingerprint density at radius 3 is 1.71 bits per heavy atom. The predicted molar refractivity (Wildman–Crippen MR) is 58.3 cm³/mol. The Bertz CT molecular complexity index is 733. The van der Waals surface area contributed by atoms with Crippen LogP contribution in [0.15, 0.2) is 18.2 Å². The molecule has 0 aromatic heterocycles. The molecular weight excluding hydrogens is 304 g/mol. The average Bonchev–Trinajstić information content (AvgIpc) is 2.44. The standard InChI is InChI=1S/C12H3F6NO2/c13-7-4(2-1-3-5(7)19(20)21)6-8(14)10(16)12(18)11(17)9(6)15/h1-3H. The van der Waals surface area contributed by atoms with Crippen molar-refractivity contribution in [3.63, 3.8) is 0 Å². The van der Waals surface area contributed by atoms with Crippen molar-refractivity contribution in [2.45, 2.75) is 0 Å². The van der Waals surface area contributed by atoms with Crippen LogP contribution in [0.4, 0.5) is 32.0 Å². The minimum absolute atomic E-state index is 0.667. The molecule has 0 bridgehead atoms. The van der Waals surface area contributed by atoms with E-state index in [9.17, 15) is 36.5 Å². The summed E-state index contributed by atoms with van der Waals surface area (Å²) in [7, 11) is 0. The third kappa shape index (κ3) is 2.20. The van der Waals surface area contributed by atoms with Gasteiger partial charge in [-0.15, -0.1) is 0 Å². The molecule has 0 aliphatic heterocycles. The minimum atomic E-state index is -2.40. The van der Waals surface area contributed by atoms with Crippen LogP contribution in [0.25, 0.3) is 11.1 Å². The van der Waals surface area contributed by atoms with Crippen LogP contribution in [0.1, 0.15) is 0 Å². The van der Waals surface area contributed by atoms with Gasteiger partial charge in [0.2, 0.25) is 11.6 Å². The first-order valence-corrected chi connectivity index (χ1v) is 5.22. The number of benzene rings is 2. The van der Waals surface area contributed by atoms with Gasteiger partial charge in [-0.3, -0.25) is 10.1 Å². The Balaban J connectivity index is 2.86. The summed E-state index contributed by atoms with van der Waals surface area (Å²) < 4.78 is 79.9. The summed E-state index contributed by atoms with van der Waals surface area (Å²) in [6.07, 6.45) is 0. The average molecular weight is 307 g/mol. The molecule has 0 spiro atoms. The molecule has 0 amide bonds. The number of halogens is 6. The maximum Gasteiger partial charge on any atom is 0.305 e. The first-order valence-electron chi connectivity index (χ1n) is 5.22. The topological polar surface area (TPSA) is 43.1 Å². The quantitative estimate of drug-likeness (QED) is 0.276. The SMILES string of the molecule is O=[N+]([O-])c1cccc(-c2c(F)c(F)c(F)c(F)c2F)c1F. The molecule has 0 unspecified atom stereocenters. The second-order valence-electron chi connectivity index (χ2n) is 3.84. The molecule has 2 aromatic rings. The van der Waals surface area contributed by atoms with Crippen molar-refractivity contribution in [3.05, 3.63) is 63.2 Å². The van der Waals surface area contributed by atoms with Gasteiger partial charge < -0.3 is 0 Å². The van der Waals surface area contributed by atoms with Gasteiger partial charge in [0.25, 0.3) is 0 Å². The van der Waals surface area contributed by atoms with E-state index >= 15 is 0 Å². The van der Waals surface area contributed by atoms with E-state index in [4.69, 9.17) is 0 Å². The van der Waals surface area contributed by atoms with Gasteiger partial charge in [-0.2, -0.15) is 4.39 Å². The van der Waals surface area contributed by atoms with Crippen LogP contribution < -0.4 is 0 Å². The lowest BCUT2D eigenvalue weighted by Gasteiger charge is -2.09. The second kappa shape index (κ2) is 5.08. The van der Waals surface area contributed by atoms with Crippen molar-refractivity contribution in [2.75, 3.05) is 0 Å². The van der Waals surface area contributed by atoms with E-state index in [0.717, 1.165) is 6.07 Å². The van der Waals surface area contributed by atoms with Crippen molar-refractivity contribution in [2.24, 2.45) is 0 Å². The van der Waals surface area contributed by atoms with Crippen LogP contribution in [-0.2, 0) is 0 Å². The summed E-state index contributed by atoms with van der Waals surface area (Å²) in [5.74, 6) is -13.2. The summed E-state index contributed by atoms with van der Waals surface area (Å²) in [4.78, 5) is 9.34. The van der Waals surface area contributed by atoms with Crippen LogP contribution in [0.2, 0.25) is 0 Å². The fourth-order valence-electron chi connectivity index (χ4n) is 1.70. The Morgan fingerprint density at radius 1 is 0.762 bits per heavy atom. The lowest BCUT2D eigenvalue weighted by Crippen LogP contribution is -2.05. The Kier molecular flexibility index (Phi) is 3.58. The van der Waals surface area contributed by atoms with E-state index in [1.807, 2.05) is 0 Å². The van der Waals surface area contributed by atoms with Crippen molar-refractivity contribution in [3.8, 4) is 11.1 Å². The predicted octanol–water partition coefficient (Wildman–Crippen LogP) is 4.10. The van der Waals surface area contributed by atoms with Crippen molar-refractivity contribution < 1.29 is 31.3 Å². The zero-order valence-electron chi connectivity index (χ0n) is 9.76. The van der Waals surface area contributed by atoms with Crippen molar-refractivity contribution in [1.82, 2.24) is 0 Å². The van der Waals surface area contributed by atoms with Crippen molar-refractivity contribution >= 4 is 5.69 Å². The fraction of sp³-hybridized carbons (Fsp3) is 0. The highest BCUT2D eigenvalue weighted by atomic mass is 19.2. The van der Waals surface area contributed by atoms with Gasteiger partial charge >= 0.3 is 5.69 Å². The number of nitro groups is 1. The van der Waals surface area contributed by atoms with E-state index in [2.05, 4.69) is 0 Å². The Morgan fingerprint density at radius 2 is 1.24 bits per heavy atom.